The number of thioether (sulfide) groups is 1. The molecule has 1 atom stereocenters. The topological polar surface area (TPSA) is 92.5 Å². The molecule has 1 N–H and O–H groups in total. The maximum absolute atomic E-state index is 13.7. The van der Waals surface area contributed by atoms with Gasteiger partial charge in [-0.05, 0) is 48.1 Å². The molecule has 222 valence electrons. The first kappa shape index (κ1) is 29.5. The van der Waals surface area contributed by atoms with E-state index in [9.17, 15) is 9.59 Å². The first-order valence-corrected chi connectivity index (χ1v) is 16.3. The Bertz CT molecular complexity index is 1740. The fourth-order valence-corrected chi connectivity index (χ4v) is 6.65. The van der Waals surface area contributed by atoms with Crippen LogP contribution in [0.25, 0.3) is 0 Å². The summed E-state index contributed by atoms with van der Waals surface area (Å²) in [7, 11) is 0. The van der Waals surface area contributed by atoms with E-state index in [4.69, 9.17) is 5.10 Å². The Hall–Kier alpha value is -4.54. The molecular formula is C34H32N6O2S2. The second-order valence-corrected chi connectivity index (χ2v) is 12.4. The summed E-state index contributed by atoms with van der Waals surface area (Å²) in [5, 5.41) is 20.9. The Morgan fingerprint density at radius 3 is 2.41 bits per heavy atom. The van der Waals surface area contributed by atoms with Gasteiger partial charge in [0.1, 0.15) is 0 Å². The molecule has 6 rings (SSSR count). The van der Waals surface area contributed by atoms with Gasteiger partial charge in [0, 0.05) is 18.5 Å². The van der Waals surface area contributed by atoms with Gasteiger partial charge in [-0.25, -0.2) is 5.01 Å². The third kappa shape index (κ3) is 6.98. The van der Waals surface area contributed by atoms with E-state index in [0.29, 0.717) is 29.5 Å². The predicted octanol–water partition coefficient (Wildman–Crippen LogP) is 6.29. The maximum Gasteiger partial charge on any atom is 0.253 e. The summed E-state index contributed by atoms with van der Waals surface area (Å²) in [6, 6.07) is 31.5. The number of rotatable bonds is 11. The van der Waals surface area contributed by atoms with E-state index in [0.717, 1.165) is 22.6 Å². The number of aromatic nitrogens is 3. The number of thiophene rings is 1. The van der Waals surface area contributed by atoms with Crippen LogP contribution in [-0.4, -0.2) is 43.1 Å². The zero-order valence-corrected chi connectivity index (χ0v) is 25.9. The fourth-order valence-electron chi connectivity index (χ4n) is 5.09. The van der Waals surface area contributed by atoms with Crippen LogP contribution in [0, 0.1) is 6.92 Å². The quantitative estimate of drug-likeness (QED) is 0.175. The van der Waals surface area contributed by atoms with Gasteiger partial charge in [-0.3, -0.25) is 9.59 Å². The molecule has 0 fully saturated rings. The summed E-state index contributed by atoms with van der Waals surface area (Å²) in [6.07, 6.45) is 1.43. The molecule has 1 aliphatic rings. The van der Waals surface area contributed by atoms with Crippen molar-refractivity contribution in [2.24, 2.45) is 5.10 Å². The second-order valence-electron chi connectivity index (χ2n) is 10.5. The summed E-state index contributed by atoms with van der Waals surface area (Å²) in [4.78, 5) is 27.5. The van der Waals surface area contributed by atoms with Gasteiger partial charge in [0.2, 0.25) is 0 Å². The van der Waals surface area contributed by atoms with Crippen molar-refractivity contribution >= 4 is 40.6 Å². The van der Waals surface area contributed by atoms with Crippen molar-refractivity contribution in [1.82, 2.24) is 25.1 Å². The number of aryl methyl sites for hydroxylation is 2. The Morgan fingerprint density at radius 2 is 1.68 bits per heavy atom. The SMILES string of the molecule is Cc1ccc([C@@H]2CC(c3cccs3)=NN2C(=O)CSc2nnc(CNC(=O)c3ccccc3)n2CCc2ccccc2)cc1. The molecule has 10 heteroatoms. The van der Waals surface area contributed by atoms with Crippen LogP contribution < -0.4 is 5.32 Å². The Morgan fingerprint density at radius 1 is 0.932 bits per heavy atom. The molecule has 0 unspecified atom stereocenters. The van der Waals surface area contributed by atoms with Crippen LogP contribution in [0.15, 0.2) is 113 Å². The molecule has 0 aliphatic carbocycles. The minimum absolute atomic E-state index is 0.0938. The molecular weight excluding hydrogens is 589 g/mol. The highest BCUT2D eigenvalue weighted by atomic mass is 32.2. The maximum atomic E-state index is 13.7. The monoisotopic (exact) mass is 620 g/mol. The van der Waals surface area contributed by atoms with Crippen molar-refractivity contribution in [3.63, 3.8) is 0 Å². The van der Waals surface area contributed by atoms with E-state index >= 15 is 0 Å². The molecule has 2 aromatic heterocycles. The highest BCUT2D eigenvalue weighted by Gasteiger charge is 2.33. The second kappa shape index (κ2) is 13.8. The molecule has 5 aromatic rings. The number of hydrogen-bond acceptors (Lipinski definition) is 7. The number of nitrogens with zero attached hydrogens (tertiary/aromatic N) is 5. The first-order chi connectivity index (χ1) is 21.5. The van der Waals surface area contributed by atoms with Gasteiger partial charge in [0.15, 0.2) is 11.0 Å². The van der Waals surface area contributed by atoms with Crippen molar-refractivity contribution in [2.75, 3.05) is 5.75 Å². The number of benzene rings is 3. The van der Waals surface area contributed by atoms with Gasteiger partial charge in [0.05, 0.1) is 28.9 Å². The standard InChI is InChI=1S/C34H32N6O2S2/c1-24-14-16-26(17-15-24)29-21-28(30-13-8-20-43-30)38-40(29)32(41)23-44-34-37-36-31(22-35-33(42)27-11-6-3-7-12-27)39(34)19-18-25-9-4-2-5-10-25/h2-17,20,29H,18-19,21-23H2,1H3,(H,35,42)/t29-/m0/s1. The predicted molar refractivity (Wildman–Crippen MR) is 175 cm³/mol. The van der Waals surface area contributed by atoms with Gasteiger partial charge in [-0.15, -0.1) is 21.5 Å². The molecule has 8 nitrogen and oxygen atoms in total. The van der Waals surface area contributed by atoms with Crippen molar-refractivity contribution in [3.05, 3.63) is 135 Å². The van der Waals surface area contributed by atoms with E-state index in [2.05, 4.69) is 58.8 Å². The molecule has 0 saturated carbocycles. The summed E-state index contributed by atoms with van der Waals surface area (Å²) in [5.41, 5.74) is 4.92. The molecule has 0 radical (unpaired) electrons. The lowest BCUT2D eigenvalue weighted by Crippen LogP contribution is -2.28. The molecule has 0 saturated heterocycles. The molecule has 0 bridgehead atoms. The fraction of sp³-hybridized carbons (Fsp3) is 0.206. The van der Waals surface area contributed by atoms with Crippen molar-refractivity contribution in [1.29, 1.82) is 0 Å². The third-order valence-corrected chi connectivity index (χ3v) is 9.33. The smallest absolute Gasteiger partial charge is 0.253 e. The van der Waals surface area contributed by atoms with E-state index in [1.807, 2.05) is 58.5 Å². The highest BCUT2D eigenvalue weighted by molar-refractivity contribution is 7.99. The summed E-state index contributed by atoms with van der Waals surface area (Å²) < 4.78 is 2.00. The summed E-state index contributed by atoms with van der Waals surface area (Å²) >= 11 is 2.98. The minimum Gasteiger partial charge on any atom is -0.345 e. The Labute approximate surface area is 264 Å². The Balaban J connectivity index is 1.19. The molecule has 44 heavy (non-hydrogen) atoms. The zero-order valence-electron chi connectivity index (χ0n) is 24.3. The van der Waals surface area contributed by atoms with E-state index < -0.39 is 0 Å². The summed E-state index contributed by atoms with van der Waals surface area (Å²) in [5.74, 6) is 0.521. The average molecular weight is 621 g/mol. The number of amides is 2. The van der Waals surface area contributed by atoms with Crippen LogP contribution in [0.3, 0.4) is 0 Å². The van der Waals surface area contributed by atoms with Crippen LogP contribution >= 0.6 is 23.1 Å². The van der Waals surface area contributed by atoms with E-state index in [-0.39, 0.29) is 30.2 Å². The molecule has 3 heterocycles. The van der Waals surface area contributed by atoms with Gasteiger partial charge in [-0.2, -0.15) is 5.10 Å². The highest BCUT2D eigenvalue weighted by Crippen LogP contribution is 2.35. The largest absolute Gasteiger partial charge is 0.345 e. The molecule has 2 amide bonds. The molecule has 0 spiro atoms. The van der Waals surface area contributed by atoms with Crippen LogP contribution in [-0.2, 0) is 24.3 Å². The van der Waals surface area contributed by atoms with Gasteiger partial charge in [-0.1, -0.05) is 96.2 Å². The van der Waals surface area contributed by atoms with Crippen LogP contribution in [0.1, 0.15) is 50.2 Å². The van der Waals surface area contributed by atoms with E-state index in [1.54, 1.807) is 28.5 Å². The van der Waals surface area contributed by atoms with Crippen molar-refractivity contribution < 1.29 is 9.59 Å². The lowest BCUT2D eigenvalue weighted by Gasteiger charge is -2.22. The van der Waals surface area contributed by atoms with Gasteiger partial charge < -0.3 is 9.88 Å². The normalized spacial score (nSPS) is 14.4. The van der Waals surface area contributed by atoms with Gasteiger partial charge >= 0.3 is 0 Å². The number of hydrazone groups is 1. The van der Waals surface area contributed by atoms with E-state index in [1.165, 1.54) is 22.9 Å². The molecule has 3 aromatic carbocycles. The average Bonchev–Trinajstić information content (AvgIpc) is 3.83. The Kier molecular flexibility index (Phi) is 9.28. The van der Waals surface area contributed by atoms with Crippen LogP contribution in [0.4, 0.5) is 0 Å². The van der Waals surface area contributed by atoms with Crippen LogP contribution in [0.2, 0.25) is 0 Å². The van der Waals surface area contributed by atoms with Gasteiger partial charge in [0.25, 0.3) is 11.8 Å². The first-order valence-electron chi connectivity index (χ1n) is 14.5. The number of carbonyl (C=O) groups is 2. The lowest BCUT2D eigenvalue weighted by molar-refractivity contribution is -0.130. The van der Waals surface area contributed by atoms with Crippen LogP contribution in [0.5, 0.6) is 0 Å². The number of nitrogens with one attached hydrogen (secondary N) is 1. The molecule has 1 aliphatic heterocycles. The minimum atomic E-state index is -0.178. The van der Waals surface area contributed by atoms with Crippen molar-refractivity contribution in [2.45, 2.75) is 44.1 Å². The number of carbonyl (C=O) groups excluding carboxylic acids is 2. The number of hydrogen-bond donors (Lipinski definition) is 1. The third-order valence-electron chi connectivity index (χ3n) is 7.46. The van der Waals surface area contributed by atoms with Crippen molar-refractivity contribution in [3.8, 4) is 0 Å². The summed E-state index contributed by atoms with van der Waals surface area (Å²) in [6.45, 7) is 2.89. The zero-order chi connectivity index (χ0) is 30.3. The lowest BCUT2D eigenvalue weighted by atomic mass is 10.00.